The number of carbonyl (C=O) groups is 1. The largest absolute Gasteiger partial charge is 0.449 e. The molecule has 1 saturated heterocycles. The van der Waals surface area contributed by atoms with Crippen LogP contribution in [0.5, 0.6) is 0 Å². The Morgan fingerprint density at radius 2 is 2.03 bits per heavy atom. The van der Waals surface area contributed by atoms with Crippen LogP contribution in [0.2, 0.25) is 0 Å². The lowest BCUT2D eigenvalue weighted by molar-refractivity contribution is 0.123. The van der Waals surface area contributed by atoms with Gasteiger partial charge in [-0.1, -0.05) is 0 Å². The van der Waals surface area contributed by atoms with Gasteiger partial charge in [0.2, 0.25) is 5.43 Å². The quantitative estimate of drug-likeness (QED) is 0.601. The topological polar surface area (TPSA) is 96.4 Å². The maximum atomic E-state index is 15.2. The van der Waals surface area contributed by atoms with Gasteiger partial charge in [0.1, 0.15) is 16.0 Å². The molecule has 1 saturated carbocycles. The average molecular weight is 475 g/mol. The summed E-state index contributed by atoms with van der Waals surface area (Å²) >= 11 is 1.16. The number of anilines is 1. The number of hydrogen-bond acceptors (Lipinski definition) is 6. The summed E-state index contributed by atoms with van der Waals surface area (Å²) < 4.78 is 25.2. The summed E-state index contributed by atoms with van der Waals surface area (Å²) in [5.41, 5.74) is -0.129. The van der Waals surface area contributed by atoms with E-state index in [1.807, 2.05) is 30.2 Å². The van der Waals surface area contributed by atoms with Crippen molar-refractivity contribution < 1.29 is 13.9 Å². The van der Waals surface area contributed by atoms with E-state index in [9.17, 15) is 14.4 Å². The molecule has 1 aromatic carbocycles. The molecule has 3 heterocycles. The van der Waals surface area contributed by atoms with Crippen molar-refractivity contribution in [3.8, 4) is 0 Å². The second kappa shape index (κ2) is 7.86. The molecule has 0 bridgehead atoms. The number of rotatable bonds is 4. The SMILES string of the molecule is CC(C)(C)NC(=O)OCC1CCN(c2cc3c(cc2F)c(=O)c2c(=O)[nH]sc2n3C2CC2)C1. The van der Waals surface area contributed by atoms with Gasteiger partial charge in [0.15, 0.2) is 0 Å². The number of alkyl carbamates (subject to hydrolysis) is 1. The molecule has 2 fully saturated rings. The second-order valence-corrected chi connectivity index (χ2v) is 10.8. The van der Waals surface area contributed by atoms with Crippen molar-refractivity contribution in [3.63, 3.8) is 0 Å². The van der Waals surface area contributed by atoms with E-state index in [2.05, 4.69) is 9.69 Å². The summed E-state index contributed by atoms with van der Waals surface area (Å²) in [5.74, 6) is -0.395. The number of nitrogens with one attached hydrogen (secondary N) is 2. The first-order valence-corrected chi connectivity index (χ1v) is 12.0. The standard InChI is InChI=1S/C23H27FN4O4S/c1-23(2,3)25-22(31)32-11-12-6-7-27(10-12)17-9-16-14(8-15(17)24)19(29)18-20(30)26-33-21(18)28(16)13-4-5-13/h8-9,12-13H,4-7,10-11H2,1-3H3,(H,25,31)(H,26,30). The van der Waals surface area contributed by atoms with Crippen LogP contribution >= 0.6 is 11.5 Å². The summed E-state index contributed by atoms with van der Waals surface area (Å²) in [5, 5.41) is 3.11. The molecule has 0 spiro atoms. The van der Waals surface area contributed by atoms with Gasteiger partial charge in [-0.2, -0.15) is 0 Å². The predicted molar refractivity (Wildman–Crippen MR) is 127 cm³/mol. The molecule has 2 aliphatic rings. The molecule has 8 nitrogen and oxygen atoms in total. The van der Waals surface area contributed by atoms with Crippen LogP contribution in [0.3, 0.4) is 0 Å². The molecular formula is C23H27FN4O4S. The molecule has 10 heteroatoms. The Hall–Kier alpha value is -2.88. The zero-order valence-corrected chi connectivity index (χ0v) is 19.7. The number of fused-ring (bicyclic) bond motifs is 2. The van der Waals surface area contributed by atoms with Gasteiger partial charge in [0.25, 0.3) is 5.56 Å². The number of ether oxygens (including phenoxy) is 1. The predicted octanol–water partition coefficient (Wildman–Crippen LogP) is 3.73. The number of benzene rings is 1. The number of nitrogens with zero attached hydrogens (tertiary/aromatic N) is 2. The number of amides is 1. The van der Waals surface area contributed by atoms with Crippen LogP contribution in [0.4, 0.5) is 14.9 Å². The molecule has 1 atom stereocenters. The highest BCUT2D eigenvalue weighted by Gasteiger charge is 2.31. The monoisotopic (exact) mass is 474 g/mol. The third kappa shape index (κ3) is 4.12. The van der Waals surface area contributed by atoms with Crippen LogP contribution < -0.4 is 21.2 Å². The van der Waals surface area contributed by atoms with Gasteiger partial charge in [0, 0.05) is 36.0 Å². The van der Waals surface area contributed by atoms with E-state index in [1.54, 1.807) is 6.07 Å². The van der Waals surface area contributed by atoms with Gasteiger partial charge >= 0.3 is 6.09 Å². The van der Waals surface area contributed by atoms with Crippen molar-refractivity contribution in [3.05, 3.63) is 38.5 Å². The minimum absolute atomic E-state index is 0.0915. The molecule has 176 valence electrons. The molecule has 1 aliphatic carbocycles. The molecule has 1 aliphatic heterocycles. The number of hydrogen-bond donors (Lipinski definition) is 2. The summed E-state index contributed by atoms with van der Waals surface area (Å²) in [6, 6.07) is 3.22. The summed E-state index contributed by atoms with van der Waals surface area (Å²) in [7, 11) is 0. The third-order valence-corrected chi connectivity index (χ3v) is 7.04. The molecule has 1 unspecified atom stereocenters. The van der Waals surface area contributed by atoms with Crippen LogP contribution in [0.1, 0.15) is 46.1 Å². The Bertz CT molecular complexity index is 1370. The number of H-pyrrole nitrogens is 1. The Labute approximate surface area is 193 Å². The van der Waals surface area contributed by atoms with Crippen molar-refractivity contribution in [2.24, 2.45) is 5.92 Å². The smallest absolute Gasteiger partial charge is 0.407 e. The molecule has 0 radical (unpaired) electrons. The highest BCUT2D eigenvalue weighted by atomic mass is 32.1. The van der Waals surface area contributed by atoms with E-state index in [-0.39, 0.29) is 34.9 Å². The number of carbonyl (C=O) groups excluding carboxylic acids is 1. The fourth-order valence-corrected chi connectivity index (χ4v) is 5.43. The summed E-state index contributed by atoms with van der Waals surface area (Å²) in [4.78, 5) is 39.7. The minimum atomic E-state index is -0.486. The van der Waals surface area contributed by atoms with Crippen molar-refractivity contribution in [1.82, 2.24) is 14.3 Å². The number of aromatic nitrogens is 2. The van der Waals surface area contributed by atoms with Gasteiger partial charge < -0.3 is 19.5 Å². The Kier molecular flexibility index (Phi) is 5.23. The van der Waals surface area contributed by atoms with E-state index in [0.29, 0.717) is 29.1 Å². The Balaban J connectivity index is 1.44. The third-order valence-electron chi connectivity index (χ3n) is 6.16. The average Bonchev–Trinajstić information content (AvgIpc) is 3.32. The normalized spacial score (nSPS) is 18.9. The molecule has 33 heavy (non-hydrogen) atoms. The first-order valence-electron chi connectivity index (χ1n) is 11.2. The molecular weight excluding hydrogens is 447 g/mol. The van der Waals surface area contributed by atoms with E-state index in [0.717, 1.165) is 30.8 Å². The van der Waals surface area contributed by atoms with Crippen molar-refractivity contribution in [2.45, 2.75) is 51.6 Å². The Morgan fingerprint density at radius 3 is 2.73 bits per heavy atom. The van der Waals surface area contributed by atoms with Crippen LogP contribution in [-0.2, 0) is 4.74 Å². The van der Waals surface area contributed by atoms with Gasteiger partial charge in [-0.05, 0) is 63.7 Å². The molecule has 2 aromatic heterocycles. The Morgan fingerprint density at radius 1 is 1.27 bits per heavy atom. The fraction of sp³-hybridized carbons (Fsp3) is 0.522. The van der Waals surface area contributed by atoms with E-state index in [1.165, 1.54) is 6.07 Å². The van der Waals surface area contributed by atoms with Crippen LogP contribution in [0.15, 0.2) is 21.7 Å². The van der Waals surface area contributed by atoms with Gasteiger partial charge in [-0.25, -0.2) is 9.18 Å². The number of pyridine rings is 1. The van der Waals surface area contributed by atoms with E-state index >= 15 is 4.39 Å². The minimum Gasteiger partial charge on any atom is -0.449 e. The number of aromatic amines is 1. The molecule has 3 aromatic rings. The van der Waals surface area contributed by atoms with E-state index < -0.39 is 22.9 Å². The molecule has 5 rings (SSSR count). The molecule has 2 N–H and O–H groups in total. The first-order chi connectivity index (χ1) is 15.6. The highest BCUT2D eigenvalue weighted by molar-refractivity contribution is 7.12. The maximum absolute atomic E-state index is 15.2. The zero-order chi connectivity index (χ0) is 23.5. The van der Waals surface area contributed by atoms with Gasteiger partial charge in [0.05, 0.1) is 17.8 Å². The lowest BCUT2D eigenvalue weighted by Gasteiger charge is -2.22. The summed E-state index contributed by atoms with van der Waals surface area (Å²) in [6.07, 6.45) is 2.24. The zero-order valence-electron chi connectivity index (χ0n) is 18.9. The van der Waals surface area contributed by atoms with Crippen molar-refractivity contribution >= 4 is 44.4 Å². The van der Waals surface area contributed by atoms with Gasteiger partial charge in [-0.3, -0.25) is 14.0 Å². The van der Waals surface area contributed by atoms with Crippen LogP contribution in [0.25, 0.3) is 21.1 Å². The van der Waals surface area contributed by atoms with Crippen molar-refractivity contribution in [2.75, 3.05) is 24.6 Å². The maximum Gasteiger partial charge on any atom is 0.407 e. The second-order valence-electron chi connectivity index (χ2n) is 10.0. The van der Waals surface area contributed by atoms with Crippen LogP contribution in [0, 0.1) is 11.7 Å². The first kappa shape index (κ1) is 21.9. The highest BCUT2D eigenvalue weighted by Crippen LogP contribution is 2.41. The summed E-state index contributed by atoms with van der Waals surface area (Å²) in [6.45, 7) is 7.10. The fourth-order valence-electron chi connectivity index (χ4n) is 4.50. The lowest BCUT2D eigenvalue weighted by atomic mass is 10.1. The van der Waals surface area contributed by atoms with E-state index in [4.69, 9.17) is 4.74 Å². The van der Waals surface area contributed by atoms with Crippen molar-refractivity contribution in [1.29, 1.82) is 0 Å². The number of halogens is 1. The lowest BCUT2D eigenvalue weighted by Crippen LogP contribution is -2.41. The van der Waals surface area contributed by atoms with Gasteiger partial charge in [-0.15, -0.1) is 0 Å². The van der Waals surface area contributed by atoms with Crippen LogP contribution in [-0.4, -0.2) is 40.3 Å². The molecule has 1 amide bonds.